The fourth-order valence-electron chi connectivity index (χ4n) is 4.36. The summed E-state index contributed by atoms with van der Waals surface area (Å²) in [5.41, 5.74) is 4.01. The highest BCUT2D eigenvalue weighted by Crippen LogP contribution is 2.22. The molecule has 160 valence electrons. The number of hydrogen-bond acceptors (Lipinski definition) is 4. The van der Waals surface area contributed by atoms with Crippen LogP contribution in [0.1, 0.15) is 20.8 Å². The van der Waals surface area contributed by atoms with Gasteiger partial charge in [0, 0.05) is 31.9 Å². The van der Waals surface area contributed by atoms with Crippen molar-refractivity contribution in [3.05, 3.63) is 51.7 Å². The number of carbonyl (C=O) groups excluding carboxylic acids is 2. The van der Waals surface area contributed by atoms with E-state index in [-0.39, 0.29) is 11.8 Å². The third-order valence-electron chi connectivity index (χ3n) is 6.44. The van der Waals surface area contributed by atoms with Crippen LogP contribution in [-0.4, -0.2) is 80.5 Å². The Morgan fingerprint density at radius 1 is 0.933 bits per heavy atom. The van der Waals surface area contributed by atoms with Crippen LogP contribution in [0.5, 0.6) is 0 Å². The molecule has 2 aliphatic heterocycles. The molecule has 0 bridgehead atoms. The molecule has 4 rings (SSSR count). The maximum atomic E-state index is 12.8. The number of aryl methyl sites for hydroxylation is 1. The number of nitrogens with one attached hydrogen (secondary N) is 1. The van der Waals surface area contributed by atoms with Crippen molar-refractivity contribution in [2.45, 2.75) is 13.8 Å². The Balaban J connectivity index is 1.24. The normalized spacial score (nSPS) is 18.0. The van der Waals surface area contributed by atoms with Gasteiger partial charge < -0.3 is 19.6 Å². The molecule has 30 heavy (non-hydrogen) atoms. The van der Waals surface area contributed by atoms with Crippen LogP contribution >= 0.6 is 11.3 Å². The number of nitrogens with zero attached hydrogens (tertiary/aromatic N) is 3. The summed E-state index contributed by atoms with van der Waals surface area (Å²) in [5, 5.41) is 1.93. The van der Waals surface area contributed by atoms with Crippen LogP contribution in [0.2, 0.25) is 0 Å². The molecule has 7 heteroatoms. The second-order valence-corrected chi connectivity index (χ2v) is 9.23. The lowest BCUT2D eigenvalue weighted by molar-refractivity contribution is -0.892. The van der Waals surface area contributed by atoms with Crippen molar-refractivity contribution in [3.63, 3.8) is 0 Å². The van der Waals surface area contributed by atoms with Crippen molar-refractivity contribution in [2.75, 3.05) is 63.8 Å². The predicted octanol–water partition coefficient (Wildman–Crippen LogP) is 1.05. The molecule has 6 nitrogen and oxygen atoms in total. The number of rotatable bonds is 4. The molecular formula is C23H31N4O2S+. The molecule has 2 saturated heterocycles. The maximum Gasteiger partial charge on any atom is 0.277 e. The Morgan fingerprint density at radius 2 is 1.63 bits per heavy atom. The van der Waals surface area contributed by atoms with Crippen molar-refractivity contribution in [1.82, 2.24) is 9.80 Å². The summed E-state index contributed by atoms with van der Waals surface area (Å²) in [6.45, 7) is 11.4. The van der Waals surface area contributed by atoms with E-state index in [1.807, 2.05) is 27.3 Å². The molecule has 1 N–H and O–H groups in total. The second-order valence-electron chi connectivity index (χ2n) is 8.28. The predicted molar refractivity (Wildman–Crippen MR) is 120 cm³/mol. The molecular weight excluding hydrogens is 396 g/mol. The van der Waals surface area contributed by atoms with E-state index >= 15 is 0 Å². The average Bonchev–Trinajstić information content (AvgIpc) is 3.31. The number of thiophene rings is 1. The van der Waals surface area contributed by atoms with Gasteiger partial charge in [-0.15, -0.1) is 11.3 Å². The molecule has 0 radical (unpaired) electrons. The number of piperazine rings is 2. The Bertz CT molecular complexity index is 883. The summed E-state index contributed by atoms with van der Waals surface area (Å²) in [4.78, 5) is 33.7. The number of amides is 2. The van der Waals surface area contributed by atoms with Crippen molar-refractivity contribution >= 4 is 28.8 Å². The van der Waals surface area contributed by atoms with Crippen LogP contribution in [0.3, 0.4) is 0 Å². The summed E-state index contributed by atoms with van der Waals surface area (Å²) in [7, 11) is 0. The fourth-order valence-corrected chi connectivity index (χ4v) is 5.05. The number of anilines is 1. The summed E-state index contributed by atoms with van der Waals surface area (Å²) in [6, 6.07) is 10.3. The van der Waals surface area contributed by atoms with Gasteiger partial charge in [-0.2, -0.15) is 0 Å². The third kappa shape index (κ3) is 4.52. The lowest BCUT2D eigenvalue weighted by Crippen LogP contribution is -3.16. The van der Waals surface area contributed by atoms with E-state index in [1.165, 1.54) is 33.1 Å². The highest BCUT2D eigenvalue weighted by atomic mass is 32.1. The standard InChI is InChI=1S/C23H30N4O2S/c1-18-5-3-6-20(19(18)2)25-10-8-24(9-11-25)17-22(28)26-12-14-27(15-13-26)23(29)21-7-4-16-30-21/h3-7,16H,8-15,17H2,1-2H3/p+1. The van der Waals surface area contributed by atoms with Gasteiger partial charge in [0.2, 0.25) is 0 Å². The molecule has 0 aliphatic carbocycles. The van der Waals surface area contributed by atoms with Gasteiger partial charge in [-0.1, -0.05) is 18.2 Å². The molecule has 0 unspecified atom stereocenters. The van der Waals surface area contributed by atoms with Gasteiger partial charge in [0.15, 0.2) is 6.54 Å². The van der Waals surface area contributed by atoms with Gasteiger partial charge in [-0.05, 0) is 42.5 Å². The van der Waals surface area contributed by atoms with Gasteiger partial charge in [0.1, 0.15) is 0 Å². The second kappa shape index (κ2) is 9.18. The Kier molecular flexibility index (Phi) is 6.39. The first-order chi connectivity index (χ1) is 14.5. The molecule has 2 amide bonds. The topological polar surface area (TPSA) is 48.3 Å². The van der Waals surface area contributed by atoms with Crippen LogP contribution in [-0.2, 0) is 4.79 Å². The van der Waals surface area contributed by atoms with E-state index in [2.05, 4.69) is 36.9 Å². The monoisotopic (exact) mass is 427 g/mol. The minimum Gasteiger partial charge on any atom is -0.360 e. The highest BCUT2D eigenvalue weighted by Gasteiger charge is 2.29. The molecule has 2 fully saturated rings. The molecule has 3 heterocycles. The van der Waals surface area contributed by atoms with Crippen LogP contribution in [0.4, 0.5) is 5.69 Å². The zero-order chi connectivity index (χ0) is 21.1. The summed E-state index contributed by atoms with van der Waals surface area (Å²) in [6.07, 6.45) is 0. The first-order valence-electron chi connectivity index (χ1n) is 10.8. The van der Waals surface area contributed by atoms with Gasteiger partial charge in [-0.3, -0.25) is 9.59 Å². The average molecular weight is 428 g/mol. The largest absolute Gasteiger partial charge is 0.360 e. The van der Waals surface area contributed by atoms with E-state index in [4.69, 9.17) is 0 Å². The van der Waals surface area contributed by atoms with E-state index in [0.717, 1.165) is 31.1 Å². The summed E-state index contributed by atoms with van der Waals surface area (Å²) < 4.78 is 0. The highest BCUT2D eigenvalue weighted by molar-refractivity contribution is 7.12. The Morgan fingerprint density at radius 3 is 2.30 bits per heavy atom. The van der Waals surface area contributed by atoms with Crippen molar-refractivity contribution in [3.8, 4) is 0 Å². The molecule has 0 atom stereocenters. The first kappa shape index (κ1) is 20.9. The molecule has 1 aromatic carbocycles. The van der Waals surface area contributed by atoms with E-state index in [9.17, 15) is 9.59 Å². The molecule has 0 saturated carbocycles. The van der Waals surface area contributed by atoms with Gasteiger partial charge in [-0.25, -0.2) is 0 Å². The number of hydrogen-bond donors (Lipinski definition) is 1. The van der Waals surface area contributed by atoms with Crippen molar-refractivity contribution in [2.24, 2.45) is 0 Å². The molecule has 2 aliphatic rings. The molecule has 1 aromatic heterocycles. The fraction of sp³-hybridized carbons (Fsp3) is 0.478. The van der Waals surface area contributed by atoms with E-state index in [0.29, 0.717) is 32.7 Å². The smallest absolute Gasteiger partial charge is 0.277 e. The van der Waals surface area contributed by atoms with Crippen LogP contribution < -0.4 is 9.80 Å². The van der Waals surface area contributed by atoms with E-state index < -0.39 is 0 Å². The molecule has 0 spiro atoms. The summed E-state index contributed by atoms with van der Waals surface area (Å²) in [5.74, 6) is 0.304. The van der Waals surface area contributed by atoms with Crippen LogP contribution in [0.25, 0.3) is 0 Å². The minimum absolute atomic E-state index is 0.0882. The van der Waals surface area contributed by atoms with Crippen molar-refractivity contribution < 1.29 is 14.5 Å². The first-order valence-corrected chi connectivity index (χ1v) is 11.7. The van der Waals surface area contributed by atoms with Crippen LogP contribution in [0.15, 0.2) is 35.7 Å². The number of benzene rings is 1. The Hall–Kier alpha value is -2.38. The van der Waals surface area contributed by atoms with Gasteiger partial charge >= 0.3 is 0 Å². The third-order valence-corrected chi connectivity index (χ3v) is 7.30. The van der Waals surface area contributed by atoms with Gasteiger partial charge in [0.25, 0.3) is 11.8 Å². The quantitative estimate of drug-likeness (QED) is 0.794. The summed E-state index contributed by atoms with van der Waals surface area (Å²) >= 11 is 1.48. The zero-order valence-electron chi connectivity index (χ0n) is 17.9. The van der Waals surface area contributed by atoms with Crippen LogP contribution in [0, 0.1) is 13.8 Å². The minimum atomic E-state index is 0.0882. The number of quaternary nitrogens is 1. The zero-order valence-corrected chi connectivity index (χ0v) is 18.7. The lowest BCUT2D eigenvalue weighted by atomic mass is 10.1. The maximum absolute atomic E-state index is 12.8. The van der Waals surface area contributed by atoms with Crippen molar-refractivity contribution in [1.29, 1.82) is 0 Å². The van der Waals surface area contributed by atoms with E-state index in [1.54, 1.807) is 0 Å². The number of carbonyl (C=O) groups is 2. The SMILES string of the molecule is Cc1cccc(N2CC[NH+](CC(=O)N3CCN(C(=O)c4cccs4)CC3)CC2)c1C. The molecule has 2 aromatic rings. The lowest BCUT2D eigenvalue weighted by Gasteiger charge is -2.37. The van der Waals surface area contributed by atoms with Gasteiger partial charge in [0.05, 0.1) is 31.1 Å². The Labute approximate surface area is 182 Å².